The summed E-state index contributed by atoms with van der Waals surface area (Å²) in [5.41, 5.74) is 3.74. The van der Waals surface area contributed by atoms with E-state index in [1.54, 1.807) is 6.92 Å². The number of aryl methyl sites for hydroxylation is 1. The summed E-state index contributed by atoms with van der Waals surface area (Å²) >= 11 is 7.72. The van der Waals surface area contributed by atoms with Crippen molar-refractivity contribution in [2.75, 3.05) is 0 Å². The molecule has 26 heavy (non-hydrogen) atoms. The molecular weight excluding hydrogens is 366 g/mol. The summed E-state index contributed by atoms with van der Waals surface area (Å²) in [4.78, 5) is 16.8. The molecule has 6 heteroatoms. The number of hydrogen-bond donors (Lipinski definition) is 0. The van der Waals surface area contributed by atoms with Crippen molar-refractivity contribution >= 4 is 39.0 Å². The number of benzene rings is 2. The minimum absolute atomic E-state index is 0.202. The fourth-order valence-corrected chi connectivity index (χ4v) is 3.77. The van der Waals surface area contributed by atoms with Gasteiger partial charge in [-0.15, -0.1) is 0 Å². The number of fused-ring (bicyclic) bond motifs is 1. The van der Waals surface area contributed by atoms with E-state index >= 15 is 0 Å². The molecule has 0 spiro atoms. The Morgan fingerprint density at radius 1 is 1.08 bits per heavy atom. The van der Waals surface area contributed by atoms with Gasteiger partial charge < -0.3 is 0 Å². The molecule has 4 aromatic rings. The molecule has 2 aromatic carbocycles. The second-order valence-corrected chi connectivity index (χ2v) is 7.18. The molecule has 0 atom stereocenters. The molecule has 4 nitrogen and oxygen atoms in total. The molecule has 0 aliphatic heterocycles. The molecule has 2 aromatic heterocycles. The maximum Gasteiger partial charge on any atom is 0.275 e. The minimum atomic E-state index is -0.202. The molecule has 128 valence electrons. The average molecular weight is 380 g/mol. The Bertz CT molecular complexity index is 1160. The van der Waals surface area contributed by atoms with Crippen LogP contribution in [0.3, 0.4) is 0 Å². The van der Waals surface area contributed by atoms with Gasteiger partial charge in [0.15, 0.2) is 5.01 Å². The van der Waals surface area contributed by atoms with Gasteiger partial charge in [-0.3, -0.25) is 4.79 Å². The third-order valence-corrected chi connectivity index (χ3v) is 5.23. The summed E-state index contributed by atoms with van der Waals surface area (Å²) in [5.74, 6) is 0. The maximum absolute atomic E-state index is 12.0. The summed E-state index contributed by atoms with van der Waals surface area (Å²) in [6.07, 6.45) is 1.84. The highest BCUT2D eigenvalue weighted by Crippen LogP contribution is 2.27. The molecule has 4 rings (SSSR count). The van der Waals surface area contributed by atoms with Crippen LogP contribution in [-0.4, -0.2) is 14.6 Å². The zero-order chi connectivity index (χ0) is 18.1. The standard InChI is InChI=1S/C20H14ClN3OS/c1-13-11-18(25)24-20(22-13)26-19(23-24)17(21)12-14-7-9-16(10-8-14)15-5-3-2-4-6-15/h2-12H,1H3/b17-12-. The third-order valence-electron chi connectivity index (χ3n) is 3.89. The topological polar surface area (TPSA) is 47.3 Å². The summed E-state index contributed by atoms with van der Waals surface area (Å²) in [7, 11) is 0. The fraction of sp³-hybridized carbons (Fsp3) is 0.0500. The van der Waals surface area contributed by atoms with Gasteiger partial charge in [0.25, 0.3) is 5.56 Å². The molecule has 0 unspecified atom stereocenters. The van der Waals surface area contributed by atoms with Gasteiger partial charge in [0.2, 0.25) is 4.96 Å². The lowest BCUT2D eigenvalue weighted by Crippen LogP contribution is -2.14. The van der Waals surface area contributed by atoms with Gasteiger partial charge in [-0.2, -0.15) is 9.61 Å². The van der Waals surface area contributed by atoms with Gasteiger partial charge in [0.1, 0.15) is 0 Å². The lowest BCUT2D eigenvalue weighted by atomic mass is 10.0. The molecule has 0 bridgehead atoms. The van der Waals surface area contributed by atoms with Crippen LogP contribution in [0.1, 0.15) is 16.3 Å². The van der Waals surface area contributed by atoms with Crippen LogP contribution >= 0.6 is 22.9 Å². The highest BCUT2D eigenvalue weighted by atomic mass is 35.5. The van der Waals surface area contributed by atoms with Crippen molar-refractivity contribution in [3.8, 4) is 11.1 Å². The van der Waals surface area contributed by atoms with Crippen LogP contribution in [0.2, 0.25) is 0 Å². The molecule has 0 aliphatic rings. The number of halogens is 1. The Morgan fingerprint density at radius 3 is 2.50 bits per heavy atom. The molecule has 0 radical (unpaired) electrons. The first-order chi connectivity index (χ1) is 12.6. The molecule has 0 N–H and O–H groups in total. The average Bonchev–Trinajstić information content (AvgIpc) is 3.08. The van der Waals surface area contributed by atoms with E-state index in [2.05, 4.69) is 34.3 Å². The Kier molecular flexibility index (Phi) is 4.41. The summed E-state index contributed by atoms with van der Waals surface area (Å²) in [6.45, 7) is 1.78. The maximum atomic E-state index is 12.0. The predicted molar refractivity (Wildman–Crippen MR) is 107 cm³/mol. The van der Waals surface area contributed by atoms with E-state index in [0.29, 0.717) is 20.7 Å². The van der Waals surface area contributed by atoms with Crippen molar-refractivity contribution < 1.29 is 0 Å². The first-order valence-electron chi connectivity index (χ1n) is 8.01. The van der Waals surface area contributed by atoms with Gasteiger partial charge in [-0.05, 0) is 29.7 Å². The lowest BCUT2D eigenvalue weighted by Gasteiger charge is -2.02. The fourth-order valence-electron chi connectivity index (χ4n) is 2.63. The normalized spacial score (nSPS) is 11.8. The quantitative estimate of drug-likeness (QED) is 0.510. The summed E-state index contributed by atoms with van der Waals surface area (Å²) in [6, 6.07) is 19.8. The molecule has 0 saturated carbocycles. The van der Waals surface area contributed by atoms with Gasteiger partial charge in [-0.1, -0.05) is 77.5 Å². The van der Waals surface area contributed by atoms with Crippen molar-refractivity contribution in [3.05, 3.63) is 87.3 Å². The van der Waals surface area contributed by atoms with Crippen LogP contribution in [0.15, 0.2) is 65.5 Å². The number of hydrogen-bond acceptors (Lipinski definition) is 4. The van der Waals surface area contributed by atoms with Crippen LogP contribution in [0.4, 0.5) is 0 Å². The van der Waals surface area contributed by atoms with Crippen LogP contribution < -0.4 is 5.56 Å². The third kappa shape index (κ3) is 3.31. The van der Waals surface area contributed by atoms with Gasteiger partial charge in [-0.25, -0.2) is 4.98 Å². The number of rotatable bonds is 3. The van der Waals surface area contributed by atoms with Crippen molar-refractivity contribution in [1.82, 2.24) is 14.6 Å². The predicted octanol–water partition coefficient (Wildman–Crippen LogP) is 4.86. The second-order valence-electron chi connectivity index (χ2n) is 5.82. The summed E-state index contributed by atoms with van der Waals surface area (Å²) < 4.78 is 1.28. The van der Waals surface area contributed by atoms with E-state index in [4.69, 9.17) is 11.6 Å². The lowest BCUT2D eigenvalue weighted by molar-refractivity contribution is 0.885. The van der Waals surface area contributed by atoms with Gasteiger partial charge in [0, 0.05) is 11.8 Å². The Morgan fingerprint density at radius 2 is 1.77 bits per heavy atom. The van der Waals surface area contributed by atoms with Crippen LogP contribution in [0.5, 0.6) is 0 Å². The highest BCUT2D eigenvalue weighted by Gasteiger charge is 2.10. The van der Waals surface area contributed by atoms with E-state index in [-0.39, 0.29) is 5.56 Å². The number of nitrogens with zero attached hydrogens (tertiary/aromatic N) is 3. The second kappa shape index (κ2) is 6.86. The largest absolute Gasteiger partial charge is 0.275 e. The zero-order valence-corrected chi connectivity index (χ0v) is 15.5. The van der Waals surface area contributed by atoms with E-state index in [1.807, 2.05) is 36.4 Å². The van der Waals surface area contributed by atoms with Crippen LogP contribution in [-0.2, 0) is 0 Å². The number of aromatic nitrogens is 3. The Balaban J connectivity index is 1.66. The molecule has 0 amide bonds. The van der Waals surface area contributed by atoms with E-state index in [1.165, 1.54) is 27.5 Å². The Labute approximate surface area is 159 Å². The zero-order valence-electron chi connectivity index (χ0n) is 13.9. The van der Waals surface area contributed by atoms with E-state index in [0.717, 1.165) is 11.1 Å². The van der Waals surface area contributed by atoms with E-state index < -0.39 is 0 Å². The minimum Gasteiger partial charge on any atom is -0.267 e. The molecule has 0 fully saturated rings. The van der Waals surface area contributed by atoms with Crippen molar-refractivity contribution in [2.45, 2.75) is 6.92 Å². The smallest absolute Gasteiger partial charge is 0.267 e. The van der Waals surface area contributed by atoms with Crippen LogP contribution in [0, 0.1) is 6.92 Å². The first kappa shape index (κ1) is 16.7. The molecule has 0 aliphatic carbocycles. The van der Waals surface area contributed by atoms with Crippen molar-refractivity contribution in [2.24, 2.45) is 0 Å². The van der Waals surface area contributed by atoms with Gasteiger partial charge >= 0.3 is 0 Å². The first-order valence-corrected chi connectivity index (χ1v) is 9.20. The Hall–Kier alpha value is -2.76. The van der Waals surface area contributed by atoms with Crippen molar-refractivity contribution in [3.63, 3.8) is 0 Å². The van der Waals surface area contributed by atoms with Crippen LogP contribution in [0.25, 0.3) is 27.2 Å². The monoisotopic (exact) mass is 379 g/mol. The molecule has 2 heterocycles. The van der Waals surface area contributed by atoms with Gasteiger partial charge in [0.05, 0.1) is 5.03 Å². The molecular formula is C20H14ClN3OS. The molecule has 0 saturated heterocycles. The van der Waals surface area contributed by atoms with Crippen molar-refractivity contribution in [1.29, 1.82) is 0 Å². The van der Waals surface area contributed by atoms with E-state index in [9.17, 15) is 4.79 Å². The summed E-state index contributed by atoms with van der Waals surface area (Å²) in [5, 5.41) is 5.32. The SMILES string of the molecule is Cc1cc(=O)n2nc(/C(Cl)=C/c3ccc(-c4ccccc4)cc3)sc2n1. The highest BCUT2D eigenvalue weighted by molar-refractivity contribution is 7.18.